The molecule has 2 N–H and O–H groups in total. The van der Waals surface area contributed by atoms with Crippen LogP contribution < -0.4 is 10.6 Å². The molecule has 6 nitrogen and oxygen atoms in total. The van der Waals surface area contributed by atoms with E-state index in [-0.39, 0.29) is 48.9 Å². The van der Waals surface area contributed by atoms with Crippen molar-refractivity contribution in [3.63, 3.8) is 0 Å². The molecule has 2 aromatic rings. The minimum absolute atomic E-state index is 0.0206. The van der Waals surface area contributed by atoms with Gasteiger partial charge in [0.2, 0.25) is 5.91 Å². The van der Waals surface area contributed by atoms with Crippen molar-refractivity contribution in [3.05, 3.63) is 64.2 Å². The second kappa shape index (κ2) is 11.1. The molecule has 2 atom stereocenters. The van der Waals surface area contributed by atoms with Gasteiger partial charge in [-0.25, -0.2) is 4.39 Å². The number of hydrogen-bond acceptors (Lipinski definition) is 4. The zero-order valence-electron chi connectivity index (χ0n) is 20.3. The maximum absolute atomic E-state index is 14.6. The monoisotopic (exact) mass is 528 g/mol. The quantitative estimate of drug-likeness (QED) is 0.450. The number of halogens is 5. The van der Waals surface area contributed by atoms with Crippen LogP contribution in [0.3, 0.4) is 0 Å². The lowest BCUT2D eigenvalue weighted by Gasteiger charge is -2.30. The van der Waals surface area contributed by atoms with Gasteiger partial charge in [-0.1, -0.05) is 17.7 Å². The fraction of sp³-hybridized carbons (Fsp3) is 0.480. The van der Waals surface area contributed by atoms with E-state index < -0.39 is 35.1 Å². The second-order valence-electron chi connectivity index (χ2n) is 9.30. The van der Waals surface area contributed by atoms with E-state index in [1.54, 1.807) is 25.1 Å². The van der Waals surface area contributed by atoms with Crippen LogP contribution in [0.15, 0.2) is 36.7 Å². The van der Waals surface area contributed by atoms with Crippen LogP contribution in [0.4, 0.5) is 17.6 Å². The standard InChI is InChI=1S/C25H29ClF4N4O2/c1-31-23(36)18-5-4-16(21(26)22(18)27)12-17(34(2)3)14-33-20(35)13-19(15-6-10-32-11-7-15)24(8-9-24)25(28,29)30/h4-7,10-11,17,19H,8-9,12-14H2,1-3H3,(H,31,36)(H,33,35). The number of alkyl halides is 3. The smallest absolute Gasteiger partial charge is 0.355 e. The fourth-order valence-electron chi connectivity index (χ4n) is 4.43. The summed E-state index contributed by atoms with van der Waals surface area (Å²) in [5.41, 5.74) is -1.22. The van der Waals surface area contributed by atoms with Crippen molar-refractivity contribution >= 4 is 23.4 Å². The number of pyridine rings is 1. The molecule has 2 amide bonds. The lowest BCUT2D eigenvalue weighted by Crippen LogP contribution is -2.43. The number of amides is 2. The lowest BCUT2D eigenvalue weighted by atomic mass is 9.80. The lowest BCUT2D eigenvalue weighted by molar-refractivity contribution is -0.194. The molecule has 0 saturated heterocycles. The number of nitrogens with zero attached hydrogens (tertiary/aromatic N) is 2. The van der Waals surface area contributed by atoms with Crippen molar-refractivity contribution < 1.29 is 27.2 Å². The average Bonchev–Trinajstić information content (AvgIpc) is 3.65. The van der Waals surface area contributed by atoms with Crippen molar-refractivity contribution in [1.29, 1.82) is 0 Å². The van der Waals surface area contributed by atoms with Crippen molar-refractivity contribution in [1.82, 2.24) is 20.5 Å². The topological polar surface area (TPSA) is 74.3 Å². The van der Waals surface area contributed by atoms with Gasteiger partial charge in [-0.15, -0.1) is 0 Å². The third-order valence-electron chi connectivity index (χ3n) is 6.87. The summed E-state index contributed by atoms with van der Waals surface area (Å²) in [6.07, 6.45) is -1.69. The number of hydrogen-bond donors (Lipinski definition) is 2. The first-order chi connectivity index (χ1) is 16.9. The Balaban J connectivity index is 1.71. The van der Waals surface area contributed by atoms with Crippen LogP contribution in [-0.2, 0) is 11.2 Å². The third kappa shape index (κ3) is 5.98. The summed E-state index contributed by atoms with van der Waals surface area (Å²) in [4.78, 5) is 30.3. The first-order valence-corrected chi connectivity index (χ1v) is 11.9. The molecule has 0 aliphatic heterocycles. The van der Waals surface area contributed by atoms with Crippen LogP contribution in [0.2, 0.25) is 5.02 Å². The molecule has 1 saturated carbocycles. The Hall–Kier alpha value is -2.72. The van der Waals surface area contributed by atoms with E-state index in [9.17, 15) is 27.2 Å². The van der Waals surface area contributed by atoms with Crippen LogP contribution in [0.25, 0.3) is 0 Å². The first-order valence-electron chi connectivity index (χ1n) is 11.5. The van der Waals surface area contributed by atoms with Crippen LogP contribution in [0, 0.1) is 11.2 Å². The highest BCUT2D eigenvalue weighted by Gasteiger charge is 2.67. The summed E-state index contributed by atoms with van der Waals surface area (Å²) in [6, 6.07) is 5.60. The van der Waals surface area contributed by atoms with E-state index in [4.69, 9.17) is 11.6 Å². The molecule has 36 heavy (non-hydrogen) atoms. The Morgan fingerprint density at radius 2 is 1.81 bits per heavy atom. The van der Waals surface area contributed by atoms with Gasteiger partial charge in [0.1, 0.15) is 0 Å². The summed E-state index contributed by atoms with van der Waals surface area (Å²) in [5, 5.41) is 4.90. The molecule has 196 valence electrons. The van der Waals surface area contributed by atoms with Gasteiger partial charge in [0.15, 0.2) is 5.82 Å². The minimum Gasteiger partial charge on any atom is -0.355 e. The predicted molar refractivity (Wildman–Crippen MR) is 128 cm³/mol. The summed E-state index contributed by atoms with van der Waals surface area (Å²) >= 11 is 6.17. The van der Waals surface area contributed by atoms with Gasteiger partial charge in [-0.3, -0.25) is 14.6 Å². The molecule has 11 heteroatoms. The van der Waals surface area contributed by atoms with E-state index in [1.807, 2.05) is 0 Å². The molecule has 1 aromatic carbocycles. The number of carbonyl (C=O) groups is 2. The third-order valence-corrected chi connectivity index (χ3v) is 7.28. The Kier molecular flexibility index (Phi) is 8.61. The fourth-order valence-corrected chi connectivity index (χ4v) is 4.67. The minimum atomic E-state index is -4.42. The second-order valence-corrected chi connectivity index (χ2v) is 9.67. The van der Waals surface area contributed by atoms with Crippen molar-refractivity contribution in [2.75, 3.05) is 27.7 Å². The number of nitrogens with one attached hydrogen (secondary N) is 2. The molecule has 1 heterocycles. The molecule has 2 unspecified atom stereocenters. The SMILES string of the molecule is CNC(=O)c1ccc(CC(CNC(=O)CC(c2ccncc2)C2(C(F)(F)F)CC2)N(C)C)c(Cl)c1F. The van der Waals surface area contributed by atoms with Crippen LogP contribution in [0.1, 0.15) is 46.7 Å². The van der Waals surface area contributed by atoms with Crippen molar-refractivity contribution in [2.24, 2.45) is 5.41 Å². The highest BCUT2D eigenvalue weighted by atomic mass is 35.5. The van der Waals surface area contributed by atoms with E-state index in [1.165, 1.54) is 37.6 Å². The molecule has 1 aromatic heterocycles. The van der Waals surface area contributed by atoms with E-state index in [0.29, 0.717) is 11.1 Å². The van der Waals surface area contributed by atoms with Gasteiger partial charge in [0.05, 0.1) is 16.0 Å². The van der Waals surface area contributed by atoms with Gasteiger partial charge >= 0.3 is 6.18 Å². The van der Waals surface area contributed by atoms with E-state index in [0.717, 1.165) is 0 Å². The highest BCUT2D eigenvalue weighted by molar-refractivity contribution is 6.32. The van der Waals surface area contributed by atoms with Crippen molar-refractivity contribution in [3.8, 4) is 0 Å². The largest absolute Gasteiger partial charge is 0.395 e. The van der Waals surface area contributed by atoms with Gasteiger partial charge in [0.25, 0.3) is 5.91 Å². The normalized spacial score (nSPS) is 16.4. The van der Waals surface area contributed by atoms with Crippen LogP contribution >= 0.6 is 11.6 Å². The molecular formula is C25H29ClF4N4O2. The zero-order valence-corrected chi connectivity index (χ0v) is 21.0. The van der Waals surface area contributed by atoms with Gasteiger partial charge in [-0.05, 0) is 62.7 Å². The van der Waals surface area contributed by atoms with Gasteiger partial charge in [-0.2, -0.15) is 13.2 Å². The summed E-state index contributed by atoms with van der Waals surface area (Å²) in [7, 11) is 4.92. The Bertz CT molecular complexity index is 1090. The zero-order chi connectivity index (χ0) is 26.7. The molecular weight excluding hydrogens is 500 g/mol. The number of carbonyl (C=O) groups excluding carboxylic acids is 2. The average molecular weight is 529 g/mol. The first kappa shape index (κ1) is 27.9. The number of rotatable bonds is 10. The molecule has 0 bridgehead atoms. The molecule has 3 rings (SSSR count). The molecule has 0 spiro atoms. The number of aromatic nitrogens is 1. The van der Waals surface area contributed by atoms with Gasteiger partial charge in [0, 0.05) is 44.4 Å². The molecule has 1 fully saturated rings. The van der Waals surface area contributed by atoms with E-state index in [2.05, 4.69) is 15.6 Å². The van der Waals surface area contributed by atoms with E-state index >= 15 is 0 Å². The Morgan fingerprint density at radius 3 is 2.33 bits per heavy atom. The molecule has 0 radical (unpaired) electrons. The van der Waals surface area contributed by atoms with Gasteiger partial charge < -0.3 is 15.5 Å². The Morgan fingerprint density at radius 1 is 1.17 bits per heavy atom. The maximum atomic E-state index is 14.6. The van der Waals surface area contributed by atoms with Crippen LogP contribution in [0.5, 0.6) is 0 Å². The molecule has 1 aliphatic rings. The number of likely N-dealkylation sites (N-methyl/N-ethyl adjacent to an activating group) is 1. The Labute approximate surface area is 212 Å². The number of benzene rings is 1. The highest BCUT2D eigenvalue weighted by Crippen LogP contribution is 2.66. The van der Waals surface area contributed by atoms with Crippen LogP contribution in [-0.4, -0.2) is 61.6 Å². The summed E-state index contributed by atoms with van der Waals surface area (Å²) < 4.78 is 56.3. The van der Waals surface area contributed by atoms with Crippen molar-refractivity contribution in [2.45, 2.75) is 43.8 Å². The maximum Gasteiger partial charge on any atom is 0.395 e. The summed E-state index contributed by atoms with van der Waals surface area (Å²) in [5.74, 6) is -2.96. The predicted octanol–water partition coefficient (Wildman–Crippen LogP) is 4.34. The molecule has 1 aliphatic carbocycles. The summed E-state index contributed by atoms with van der Waals surface area (Å²) in [6.45, 7) is 0.114.